The average Bonchev–Trinajstić information content (AvgIpc) is 2.70. The monoisotopic (exact) mass is 234 g/mol. The molecule has 0 spiro atoms. The van der Waals surface area contributed by atoms with Gasteiger partial charge in [0.25, 0.3) is 0 Å². The molecule has 0 aromatic heterocycles. The number of aldehydes is 1. The van der Waals surface area contributed by atoms with Gasteiger partial charge in [-0.1, -0.05) is 6.07 Å². The molecule has 0 fully saturated rings. The van der Waals surface area contributed by atoms with Crippen LogP contribution in [0.2, 0.25) is 0 Å². The van der Waals surface area contributed by atoms with E-state index < -0.39 is 11.4 Å². The minimum absolute atomic E-state index is 0.174. The van der Waals surface area contributed by atoms with Crippen LogP contribution in [-0.2, 0) is 16.0 Å². The number of benzene rings is 1. The van der Waals surface area contributed by atoms with Crippen LogP contribution in [0.4, 0.5) is 0 Å². The van der Waals surface area contributed by atoms with Crippen molar-refractivity contribution in [2.45, 2.75) is 25.7 Å². The lowest BCUT2D eigenvalue weighted by Crippen LogP contribution is -2.35. The molecule has 0 aliphatic heterocycles. The van der Waals surface area contributed by atoms with Crippen molar-refractivity contribution < 1.29 is 19.8 Å². The maximum atomic E-state index is 11.2. The second-order valence-electron chi connectivity index (χ2n) is 4.68. The molecule has 0 radical (unpaired) electrons. The SMILES string of the molecule is CC(C=O)(C(=O)O)C1CCc2cc(O)ccc21. The number of hydrogen-bond acceptors (Lipinski definition) is 3. The zero-order valence-corrected chi connectivity index (χ0v) is 9.51. The van der Waals surface area contributed by atoms with Gasteiger partial charge in [0, 0.05) is 5.92 Å². The first-order chi connectivity index (χ1) is 7.99. The molecule has 17 heavy (non-hydrogen) atoms. The number of aromatic hydroxyl groups is 1. The van der Waals surface area contributed by atoms with Crippen LogP contribution in [0.25, 0.3) is 0 Å². The third-order valence-corrected chi connectivity index (χ3v) is 3.63. The number of phenolic OH excluding ortho intramolecular Hbond substituents is 1. The van der Waals surface area contributed by atoms with E-state index in [4.69, 9.17) is 0 Å². The zero-order chi connectivity index (χ0) is 12.6. The lowest BCUT2D eigenvalue weighted by molar-refractivity contribution is -0.151. The molecule has 4 nitrogen and oxygen atoms in total. The summed E-state index contributed by atoms with van der Waals surface area (Å²) in [6.07, 6.45) is 1.84. The summed E-state index contributed by atoms with van der Waals surface area (Å²) in [5, 5.41) is 18.6. The van der Waals surface area contributed by atoms with Crippen molar-refractivity contribution in [2.75, 3.05) is 0 Å². The fourth-order valence-electron chi connectivity index (χ4n) is 2.51. The Kier molecular flexibility index (Phi) is 2.65. The van der Waals surface area contributed by atoms with E-state index in [1.54, 1.807) is 12.1 Å². The maximum absolute atomic E-state index is 11.2. The molecule has 2 rings (SSSR count). The Morgan fingerprint density at radius 1 is 1.53 bits per heavy atom. The number of rotatable bonds is 3. The highest BCUT2D eigenvalue weighted by Crippen LogP contribution is 2.45. The predicted molar refractivity (Wildman–Crippen MR) is 61.0 cm³/mol. The van der Waals surface area contributed by atoms with Crippen molar-refractivity contribution in [3.8, 4) is 5.75 Å². The Hall–Kier alpha value is -1.84. The van der Waals surface area contributed by atoms with E-state index in [-0.39, 0.29) is 11.7 Å². The Bertz CT molecular complexity index is 480. The van der Waals surface area contributed by atoms with E-state index in [0.717, 1.165) is 11.1 Å². The van der Waals surface area contributed by atoms with Gasteiger partial charge in [-0.15, -0.1) is 0 Å². The third-order valence-electron chi connectivity index (χ3n) is 3.63. The van der Waals surface area contributed by atoms with E-state index in [1.807, 2.05) is 0 Å². The fourth-order valence-corrected chi connectivity index (χ4v) is 2.51. The van der Waals surface area contributed by atoms with Gasteiger partial charge in [0.15, 0.2) is 0 Å². The summed E-state index contributed by atoms with van der Waals surface area (Å²) < 4.78 is 0. The number of aryl methyl sites for hydroxylation is 1. The number of carboxylic acid groups (broad SMARTS) is 1. The first-order valence-corrected chi connectivity index (χ1v) is 5.50. The molecule has 1 aliphatic rings. The number of phenols is 1. The molecule has 2 atom stereocenters. The molecule has 0 saturated carbocycles. The van der Waals surface area contributed by atoms with Crippen LogP contribution in [0.15, 0.2) is 18.2 Å². The van der Waals surface area contributed by atoms with Crippen LogP contribution in [0.5, 0.6) is 5.75 Å². The molecule has 0 bridgehead atoms. The van der Waals surface area contributed by atoms with E-state index in [1.165, 1.54) is 13.0 Å². The highest BCUT2D eigenvalue weighted by molar-refractivity contribution is 5.93. The lowest BCUT2D eigenvalue weighted by Gasteiger charge is -2.26. The third kappa shape index (κ3) is 1.69. The molecular formula is C13H14O4. The number of aliphatic carboxylic acids is 1. The molecule has 90 valence electrons. The summed E-state index contributed by atoms with van der Waals surface area (Å²) in [7, 11) is 0. The van der Waals surface area contributed by atoms with Crippen LogP contribution < -0.4 is 0 Å². The van der Waals surface area contributed by atoms with Gasteiger partial charge in [0.2, 0.25) is 0 Å². The quantitative estimate of drug-likeness (QED) is 0.616. The molecule has 0 heterocycles. The van der Waals surface area contributed by atoms with Crippen molar-refractivity contribution in [2.24, 2.45) is 5.41 Å². The van der Waals surface area contributed by atoms with E-state index in [2.05, 4.69) is 0 Å². The topological polar surface area (TPSA) is 74.6 Å². The van der Waals surface area contributed by atoms with Gasteiger partial charge in [-0.2, -0.15) is 0 Å². The standard InChI is InChI=1S/C13H14O4/c1-13(7-14,12(16)17)11-5-2-8-6-9(15)3-4-10(8)11/h3-4,6-7,11,15H,2,5H2,1H3,(H,16,17). The predicted octanol–water partition coefficient (Wildman–Crippen LogP) is 1.71. The molecule has 2 unspecified atom stereocenters. The second kappa shape index (κ2) is 3.87. The minimum Gasteiger partial charge on any atom is -0.508 e. The summed E-state index contributed by atoms with van der Waals surface area (Å²) in [6.45, 7) is 1.45. The summed E-state index contributed by atoms with van der Waals surface area (Å²) in [4.78, 5) is 22.3. The first kappa shape index (κ1) is 11.6. The average molecular weight is 234 g/mol. The first-order valence-electron chi connectivity index (χ1n) is 5.50. The minimum atomic E-state index is -1.39. The molecule has 0 saturated heterocycles. The van der Waals surface area contributed by atoms with Crippen molar-refractivity contribution in [1.82, 2.24) is 0 Å². The molecule has 1 aliphatic carbocycles. The highest BCUT2D eigenvalue weighted by atomic mass is 16.4. The summed E-state index contributed by atoms with van der Waals surface area (Å²) in [5.41, 5.74) is 0.409. The van der Waals surface area contributed by atoms with Gasteiger partial charge in [0.05, 0.1) is 0 Å². The molecular weight excluding hydrogens is 220 g/mol. The summed E-state index contributed by atoms with van der Waals surface area (Å²) in [6, 6.07) is 4.89. The Morgan fingerprint density at radius 2 is 2.24 bits per heavy atom. The number of carboxylic acids is 1. The van der Waals surface area contributed by atoms with E-state index >= 15 is 0 Å². The van der Waals surface area contributed by atoms with Gasteiger partial charge >= 0.3 is 5.97 Å². The normalized spacial score (nSPS) is 21.6. The smallest absolute Gasteiger partial charge is 0.317 e. The number of fused-ring (bicyclic) bond motifs is 1. The largest absolute Gasteiger partial charge is 0.508 e. The number of carbonyl (C=O) groups excluding carboxylic acids is 1. The van der Waals surface area contributed by atoms with Gasteiger partial charge in [0.1, 0.15) is 17.5 Å². The second-order valence-corrected chi connectivity index (χ2v) is 4.68. The van der Waals surface area contributed by atoms with Crippen molar-refractivity contribution in [3.63, 3.8) is 0 Å². The maximum Gasteiger partial charge on any atom is 0.317 e. The van der Waals surface area contributed by atoms with Crippen molar-refractivity contribution >= 4 is 12.3 Å². The molecule has 2 N–H and O–H groups in total. The van der Waals surface area contributed by atoms with Gasteiger partial charge < -0.3 is 15.0 Å². The molecule has 4 heteroatoms. The zero-order valence-electron chi connectivity index (χ0n) is 9.51. The van der Waals surface area contributed by atoms with Crippen LogP contribution in [0.3, 0.4) is 0 Å². The van der Waals surface area contributed by atoms with E-state index in [9.17, 15) is 19.8 Å². The fraction of sp³-hybridized carbons (Fsp3) is 0.385. The van der Waals surface area contributed by atoms with Crippen molar-refractivity contribution in [1.29, 1.82) is 0 Å². The van der Waals surface area contributed by atoms with Crippen molar-refractivity contribution in [3.05, 3.63) is 29.3 Å². The molecule has 1 aromatic rings. The summed E-state index contributed by atoms with van der Waals surface area (Å²) >= 11 is 0. The van der Waals surface area contributed by atoms with Crippen LogP contribution in [0, 0.1) is 5.41 Å². The van der Waals surface area contributed by atoms with Gasteiger partial charge in [-0.25, -0.2) is 0 Å². The molecule has 1 aromatic carbocycles. The van der Waals surface area contributed by atoms with Crippen LogP contribution in [-0.4, -0.2) is 22.5 Å². The number of hydrogen-bond donors (Lipinski definition) is 2. The van der Waals surface area contributed by atoms with Crippen LogP contribution in [0.1, 0.15) is 30.4 Å². The lowest BCUT2D eigenvalue weighted by atomic mass is 9.75. The summed E-state index contributed by atoms with van der Waals surface area (Å²) in [5.74, 6) is -1.24. The Labute approximate surface area is 98.9 Å². The van der Waals surface area contributed by atoms with Crippen LogP contribution >= 0.6 is 0 Å². The number of carbonyl (C=O) groups is 2. The van der Waals surface area contributed by atoms with Gasteiger partial charge in [-0.05, 0) is 43.0 Å². The van der Waals surface area contributed by atoms with Gasteiger partial charge in [-0.3, -0.25) is 4.79 Å². The molecule has 0 amide bonds. The Balaban J connectivity index is 2.46. The van der Waals surface area contributed by atoms with E-state index in [0.29, 0.717) is 19.1 Å². The Morgan fingerprint density at radius 3 is 2.82 bits per heavy atom. The highest BCUT2D eigenvalue weighted by Gasteiger charge is 2.45.